The highest BCUT2D eigenvalue weighted by molar-refractivity contribution is 5.94. The molecule has 1 heterocycles. The topological polar surface area (TPSA) is 56.8 Å². The number of carbonyl (C=O) groups is 1. The fraction of sp³-hybridized carbons (Fsp3) is 0.562. The van der Waals surface area contributed by atoms with Gasteiger partial charge in [-0.15, -0.1) is 0 Å². The summed E-state index contributed by atoms with van der Waals surface area (Å²) in [5.41, 5.74) is 0.745. The number of ether oxygens (including phenoxy) is 3. The molecule has 0 aromatic heterocycles. The number of anilines is 1. The Morgan fingerprint density at radius 3 is 2.86 bits per heavy atom. The van der Waals surface area contributed by atoms with Gasteiger partial charge in [-0.3, -0.25) is 4.79 Å². The molecule has 0 bridgehead atoms. The normalized spacial score (nSPS) is 21.1. The minimum absolute atomic E-state index is 0.0882. The van der Waals surface area contributed by atoms with Crippen LogP contribution in [0.4, 0.5) is 5.69 Å². The van der Waals surface area contributed by atoms with Crippen molar-refractivity contribution >= 4 is 11.6 Å². The molecule has 1 saturated carbocycles. The first-order valence-corrected chi connectivity index (χ1v) is 7.49. The summed E-state index contributed by atoms with van der Waals surface area (Å²) in [7, 11) is 1.61. The van der Waals surface area contributed by atoms with Gasteiger partial charge < -0.3 is 19.5 Å². The van der Waals surface area contributed by atoms with E-state index in [1.54, 1.807) is 7.11 Å². The molecular weight excluding hydrogens is 270 g/mol. The largest absolute Gasteiger partial charge is 0.493 e. The first-order chi connectivity index (χ1) is 10.3. The third-order valence-corrected chi connectivity index (χ3v) is 3.83. The zero-order valence-corrected chi connectivity index (χ0v) is 12.3. The molecule has 21 heavy (non-hydrogen) atoms. The average Bonchev–Trinajstić information content (AvgIpc) is 3.22. The predicted molar refractivity (Wildman–Crippen MR) is 78.8 cm³/mol. The van der Waals surface area contributed by atoms with Gasteiger partial charge in [-0.05, 0) is 37.8 Å². The van der Waals surface area contributed by atoms with E-state index in [1.165, 1.54) is 0 Å². The van der Waals surface area contributed by atoms with E-state index in [4.69, 9.17) is 14.2 Å². The zero-order valence-electron chi connectivity index (χ0n) is 12.3. The average molecular weight is 291 g/mol. The SMILES string of the molecule is COc1ccc(NC(=O)C2CC2)cc1OCC1CCCO1. The quantitative estimate of drug-likeness (QED) is 0.875. The summed E-state index contributed by atoms with van der Waals surface area (Å²) in [4.78, 5) is 11.8. The van der Waals surface area contributed by atoms with Crippen molar-refractivity contribution < 1.29 is 19.0 Å². The van der Waals surface area contributed by atoms with Gasteiger partial charge in [0.2, 0.25) is 5.91 Å². The lowest BCUT2D eigenvalue weighted by Gasteiger charge is -2.15. The lowest BCUT2D eigenvalue weighted by molar-refractivity contribution is -0.117. The molecule has 1 aromatic carbocycles. The molecule has 1 aliphatic carbocycles. The second kappa shape index (κ2) is 6.35. The van der Waals surface area contributed by atoms with Crippen LogP contribution in [0.3, 0.4) is 0 Å². The summed E-state index contributed by atoms with van der Waals surface area (Å²) < 4.78 is 16.7. The van der Waals surface area contributed by atoms with Crippen LogP contribution in [0.5, 0.6) is 11.5 Å². The molecule has 0 spiro atoms. The Morgan fingerprint density at radius 1 is 1.33 bits per heavy atom. The van der Waals surface area contributed by atoms with Crippen molar-refractivity contribution in [3.05, 3.63) is 18.2 Å². The number of nitrogens with one attached hydrogen (secondary N) is 1. The van der Waals surface area contributed by atoms with Crippen LogP contribution in [0, 0.1) is 5.92 Å². The summed E-state index contributed by atoms with van der Waals surface area (Å²) in [6.07, 6.45) is 4.25. The Bertz CT molecular complexity index is 507. The monoisotopic (exact) mass is 291 g/mol. The number of methoxy groups -OCH3 is 1. The minimum atomic E-state index is 0.0882. The van der Waals surface area contributed by atoms with Crippen molar-refractivity contribution in [1.29, 1.82) is 0 Å². The van der Waals surface area contributed by atoms with Crippen LogP contribution in [0.1, 0.15) is 25.7 Å². The zero-order chi connectivity index (χ0) is 14.7. The van der Waals surface area contributed by atoms with Crippen molar-refractivity contribution in [3.8, 4) is 11.5 Å². The summed E-state index contributed by atoms with van der Waals surface area (Å²) in [5, 5.41) is 2.92. The maximum atomic E-state index is 11.8. The van der Waals surface area contributed by atoms with E-state index in [0.717, 1.165) is 38.0 Å². The molecule has 1 amide bonds. The third-order valence-electron chi connectivity index (χ3n) is 3.83. The van der Waals surface area contributed by atoms with Gasteiger partial charge in [-0.2, -0.15) is 0 Å². The lowest BCUT2D eigenvalue weighted by atomic mass is 10.2. The molecule has 1 atom stereocenters. The molecule has 1 saturated heterocycles. The van der Waals surface area contributed by atoms with Crippen molar-refractivity contribution in [2.24, 2.45) is 5.92 Å². The van der Waals surface area contributed by atoms with Crippen molar-refractivity contribution in [1.82, 2.24) is 0 Å². The van der Waals surface area contributed by atoms with Crippen LogP contribution in [0.2, 0.25) is 0 Å². The number of amides is 1. The van der Waals surface area contributed by atoms with Gasteiger partial charge in [0, 0.05) is 24.3 Å². The van der Waals surface area contributed by atoms with E-state index < -0.39 is 0 Å². The summed E-state index contributed by atoms with van der Waals surface area (Å²) in [6.45, 7) is 1.32. The molecule has 3 rings (SSSR count). The van der Waals surface area contributed by atoms with E-state index in [2.05, 4.69) is 5.32 Å². The number of hydrogen-bond donors (Lipinski definition) is 1. The second-order valence-corrected chi connectivity index (χ2v) is 5.58. The van der Waals surface area contributed by atoms with Gasteiger partial charge in [-0.25, -0.2) is 0 Å². The Labute approximate surface area is 124 Å². The number of rotatable bonds is 6. The Morgan fingerprint density at radius 2 is 2.19 bits per heavy atom. The fourth-order valence-corrected chi connectivity index (χ4v) is 2.42. The molecule has 114 valence electrons. The van der Waals surface area contributed by atoms with Crippen LogP contribution in [-0.4, -0.2) is 32.3 Å². The molecule has 2 fully saturated rings. The van der Waals surface area contributed by atoms with Crippen LogP contribution in [0.25, 0.3) is 0 Å². The molecule has 1 aliphatic heterocycles. The van der Waals surface area contributed by atoms with Crippen molar-refractivity contribution in [2.75, 3.05) is 25.6 Å². The fourth-order valence-electron chi connectivity index (χ4n) is 2.42. The lowest BCUT2D eigenvalue weighted by Crippen LogP contribution is -2.17. The van der Waals surface area contributed by atoms with Gasteiger partial charge in [0.1, 0.15) is 6.61 Å². The Balaban J connectivity index is 1.65. The summed E-state index contributed by atoms with van der Waals surface area (Å²) >= 11 is 0. The first kappa shape index (κ1) is 14.2. The molecular formula is C16H21NO4. The van der Waals surface area contributed by atoms with Crippen LogP contribution < -0.4 is 14.8 Å². The molecule has 1 aromatic rings. The summed E-state index contributed by atoms with van der Waals surface area (Å²) in [6, 6.07) is 5.46. The molecule has 5 heteroatoms. The second-order valence-electron chi connectivity index (χ2n) is 5.58. The number of benzene rings is 1. The number of carbonyl (C=O) groups excluding carboxylic acids is 1. The highest BCUT2D eigenvalue weighted by Gasteiger charge is 2.29. The van der Waals surface area contributed by atoms with Gasteiger partial charge in [0.25, 0.3) is 0 Å². The van der Waals surface area contributed by atoms with E-state index in [9.17, 15) is 4.79 Å². The van der Waals surface area contributed by atoms with Crippen LogP contribution in [-0.2, 0) is 9.53 Å². The van der Waals surface area contributed by atoms with Gasteiger partial charge in [0.05, 0.1) is 13.2 Å². The molecule has 1 unspecified atom stereocenters. The molecule has 2 aliphatic rings. The maximum absolute atomic E-state index is 11.8. The van der Waals surface area contributed by atoms with E-state index in [1.807, 2.05) is 18.2 Å². The smallest absolute Gasteiger partial charge is 0.227 e. The first-order valence-electron chi connectivity index (χ1n) is 7.49. The Kier molecular flexibility index (Phi) is 4.29. The third kappa shape index (κ3) is 3.67. The van der Waals surface area contributed by atoms with Crippen LogP contribution >= 0.6 is 0 Å². The highest BCUT2D eigenvalue weighted by Crippen LogP contribution is 2.33. The van der Waals surface area contributed by atoms with Crippen LogP contribution in [0.15, 0.2) is 18.2 Å². The molecule has 5 nitrogen and oxygen atoms in total. The van der Waals surface area contributed by atoms with E-state index in [-0.39, 0.29) is 17.9 Å². The Hall–Kier alpha value is -1.75. The van der Waals surface area contributed by atoms with Crippen molar-refractivity contribution in [2.45, 2.75) is 31.8 Å². The standard InChI is InChI=1S/C16H21NO4/c1-19-14-7-6-12(17-16(18)11-4-5-11)9-15(14)21-10-13-3-2-8-20-13/h6-7,9,11,13H,2-5,8,10H2,1H3,(H,17,18). The summed E-state index contributed by atoms with van der Waals surface area (Å²) in [5.74, 6) is 1.58. The molecule has 1 N–H and O–H groups in total. The van der Waals surface area contributed by atoms with Gasteiger partial charge >= 0.3 is 0 Å². The van der Waals surface area contributed by atoms with Gasteiger partial charge in [-0.1, -0.05) is 0 Å². The van der Waals surface area contributed by atoms with Crippen molar-refractivity contribution in [3.63, 3.8) is 0 Å². The van der Waals surface area contributed by atoms with E-state index in [0.29, 0.717) is 18.1 Å². The van der Waals surface area contributed by atoms with Gasteiger partial charge in [0.15, 0.2) is 11.5 Å². The van der Waals surface area contributed by atoms with E-state index >= 15 is 0 Å². The number of hydrogen-bond acceptors (Lipinski definition) is 4. The minimum Gasteiger partial charge on any atom is -0.493 e. The predicted octanol–water partition coefficient (Wildman–Crippen LogP) is 2.60. The molecule has 0 radical (unpaired) electrons. The highest BCUT2D eigenvalue weighted by atomic mass is 16.5. The maximum Gasteiger partial charge on any atom is 0.227 e.